The molecule has 24 heavy (non-hydrogen) atoms. The van der Waals surface area contributed by atoms with E-state index in [4.69, 9.17) is 9.31 Å². The van der Waals surface area contributed by atoms with Crippen LogP contribution in [0, 0.1) is 0 Å². The minimum atomic E-state index is -0.329. The van der Waals surface area contributed by atoms with Crippen molar-refractivity contribution in [2.45, 2.75) is 80.4 Å². The number of hydrogen-bond donors (Lipinski definition) is 0. The van der Waals surface area contributed by atoms with E-state index in [-0.39, 0.29) is 18.3 Å². The molecular formula is C20H36BNO2. The summed E-state index contributed by atoms with van der Waals surface area (Å²) in [7, 11) is -0.329. The van der Waals surface area contributed by atoms with Gasteiger partial charge in [-0.1, -0.05) is 40.3 Å². The first-order chi connectivity index (χ1) is 11.2. The number of nitrogens with zero attached hydrogens (tertiary/aromatic N) is 1. The molecule has 136 valence electrons. The maximum atomic E-state index is 6.09. The molecule has 0 amide bonds. The second-order valence-corrected chi connectivity index (χ2v) is 6.39. The molecular weight excluding hydrogens is 297 g/mol. The Bertz CT molecular complexity index is 540. The zero-order chi connectivity index (χ0) is 19.1. The number of aromatic nitrogens is 1. The largest absolute Gasteiger partial charge is 0.496 e. The Morgan fingerprint density at radius 3 is 1.92 bits per heavy atom. The Kier molecular flexibility index (Phi) is 8.80. The third-order valence-corrected chi connectivity index (χ3v) is 4.14. The molecule has 1 aromatic heterocycles. The zero-order valence-electron chi connectivity index (χ0n) is 17.4. The number of allylic oxidation sites excluding steroid dienone is 2. The quantitative estimate of drug-likeness (QED) is 0.695. The third-order valence-electron chi connectivity index (χ3n) is 4.14. The van der Waals surface area contributed by atoms with Crippen LogP contribution in [0.1, 0.15) is 74.9 Å². The molecule has 0 atom stereocenters. The first-order valence-corrected chi connectivity index (χ1v) is 9.04. The van der Waals surface area contributed by atoms with E-state index in [1.807, 2.05) is 53.8 Å². The van der Waals surface area contributed by atoms with Crippen LogP contribution in [0.2, 0.25) is 0 Å². The van der Waals surface area contributed by atoms with Crippen LogP contribution in [0.25, 0.3) is 11.8 Å². The third kappa shape index (κ3) is 4.87. The minimum absolute atomic E-state index is 0.316. The summed E-state index contributed by atoms with van der Waals surface area (Å²) in [6, 6.07) is 2.09. The van der Waals surface area contributed by atoms with Crippen LogP contribution in [-0.2, 0) is 9.31 Å². The molecule has 1 fully saturated rings. The van der Waals surface area contributed by atoms with Gasteiger partial charge in [-0.05, 0) is 53.7 Å². The molecule has 3 nitrogen and oxygen atoms in total. The highest BCUT2D eigenvalue weighted by atomic mass is 16.7. The first-order valence-electron chi connectivity index (χ1n) is 9.04. The predicted octanol–water partition coefficient (Wildman–Crippen LogP) is 5.36. The highest BCUT2D eigenvalue weighted by Gasteiger charge is 2.52. The van der Waals surface area contributed by atoms with Gasteiger partial charge in [0, 0.05) is 23.1 Å². The van der Waals surface area contributed by atoms with Gasteiger partial charge in [-0.15, -0.1) is 0 Å². The summed E-state index contributed by atoms with van der Waals surface area (Å²) in [5.74, 6) is 0. The van der Waals surface area contributed by atoms with E-state index in [9.17, 15) is 0 Å². The van der Waals surface area contributed by atoms with Gasteiger partial charge in [-0.2, -0.15) is 0 Å². The lowest BCUT2D eigenvalue weighted by Crippen LogP contribution is -2.41. The summed E-state index contributed by atoms with van der Waals surface area (Å²) < 4.78 is 14.2. The molecule has 0 radical (unpaired) electrons. The van der Waals surface area contributed by atoms with Crippen molar-refractivity contribution in [1.82, 2.24) is 4.57 Å². The van der Waals surface area contributed by atoms with E-state index in [1.165, 1.54) is 0 Å². The van der Waals surface area contributed by atoms with E-state index < -0.39 is 0 Å². The molecule has 1 aliphatic rings. The topological polar surface area (TPSA) is 23.4 Å². The van der Waals surface area contributed by atoms with Gasteiger partial charge < -0.3 is 13.9 Å². The van der Waals surface area contributed by atoms with Crippen molar-refractivity contribution in [2.24, 2.45) is 0 Å². The smallest absolute Gasteiger partial charge is 0.399 e. The zero-order valence-corrected chi connectivity index (χ0v) is 17.4. The van der Waals surface area contributed by atoms with E-state index in [0.29, 0.717) is 0 Å². The van der Waals surface area contributed by atoms with Gasteiger partial charge in [-0.3, -0.25) is 0 Å². The van der Waals surface area contributed by atoms with Crippen LogP contribution in [0.4, 0.5) is 0 Å². The molecule has 1 saturated heterocycles. The summed E-state index contributed by atoms with van der Waals surface area (Å²) >= 11 is 0. The Balaban J connectivity index is 0.00000123. The van der Waals surface area contributed by atoms with Gasteiger partial charge in [0.15, 0.2) is 0 Å². The molecule has 1 aliphatic heterocycles. The SMILES string of the molecule is C=C(C)n1cc(B2OC(C)(C)C(C)(C)O2)cc1/C=C\C.CC.CC. The van der Waals surface area contributed by atoms with Crippen LogP contribution >= 0.6 is 0 Å². The molecule has 0 aromatic carbocycles. The average Bonchev–Trinajstić information content (AvgIpc) is 3.03. The van der Waals surface area contributed by atoms with Crippen molar-refractivity contribution in [3.8, 4) is 0 Å². The number of hydrogen-bond acceptors (Lipinski definition) is 2. The molecule has 0 N–H and O–H groups in total. The lowest BCUT2D eigenvalue weighted by Gasteiger charge is -2.32. The van der Waals surface area contributed by atoms with E-state index in [2.05, 4.69) is 51.0 Å². The maximum Gasteiger partial charge on any atom is 0.496 e. The fraction of sp³-hybridized carbons (Fsp3) is 0.600. The normalized spacial score (nSPS) is 17.8. The van der Waals surface area contributed by atoms with Crippen LogP contribution in [0.15, 0.2) is 24.9 Å². The molecule has 2 heterocycles. The molecule has 0 aliphatic carbocycles. The first kappa shape index (κ1) is 22.7. The standard InChI is InChI=1S/C16H24BNO2.2C2H6/c1-8-9-14-10-13(11-18(14)12(2)3)17-19-15(4,5)16(6,7)20-17;2*1-2/h8-11H,2H2,1,3-7H3;2*1-2H3/b9-8-;;. The fourth-order valence-corrected chi connectivity index (χ4v) is 2.24. The van der Waals surface area contributed by atoms with Crippen molar-refractivity contribution >= 4 is 24.4 Å². The van der Waals surface area contributed by atoms with Crippen molar-refractivity contribution in [1.29, 1.82) is 0 Å². The molecule has 0 saturated carbocycles. The molecule has 0 spiro atoms. The van der Waals surface area contributed by atoms with Gasteiger partial charge in [0.05, 0.1) is 11.2 Å². The summed E-state index contributed by atoms with van der Waals surface area (Å²) in [6.07, 6.45) is 6.12. The van der Waals surface area contributed by atoms with Crippen molar-refractivity contribution in [2.75, 3.05) is 0 Å². The Labute approximate surface area is 149 Å². The van der Waals surface area contributed by atoms with Crippen molar-refractivity contribution < 1.29 is 9.31 Å². The van der Waals surface area contributed by atoms with Crippen LogP contribution in [0.3, 0.4) is 0 Å². The highest BCUT2D eigenvalue weighted by Crippen LogP contribution is 2.36. The predicted molar refractivity (Wildman–Crippen MR) is 109 cm³/mol. The molecule has 2 rings (SSSR count). The van der Waals surface area contributed by atoms with Crippen LogP contribution in [-0.4, -0.2) is 22.9 Å². The van der Waals surface area contributed by atoms with Gasteiger partial charge in [0.1, 0.15) is 0 Å². The monoisotopic (exact) mass is 333 g/mol. The van der Waals surface area contributed by atoms with E-state index >= 15 is 0 Å². The fourth-order valence-electron chi connectivity index (χ4n) is 2.24. The molecule has 0 bridgehead atoms. The second kappa shape index (κ2) is 9.29. The van der Waals surface area contributed by atoms with E-state index in [0.717, 1.165) is 16.9 Å². The van der Waals surface area contributed by atoms with Crippen LogP contribution < -0.4 is 5.46 Å². The minimum Gasteiger partial charge on any atom is -0.399 e. The van der Waals surface area contributed by atoms with Gasteiger partial charge >= 0.3 is 7.12 Å². The Morgan fingerprint density at radius 1 is 1.08 bits per heavy atom. The summed E-state index contributed by atoms with van der Waals surface area (Å²) in [5, 5.41) is 0. The maximum absolute atomic E-state index is 6.09. The molecule has 1 aromatic rings. The van der Waals surface area contributed by atoms with Crippen molar-refractivity contribution in [3.63, 3.8) is 0 Å². The van der Waals surface area contributed by atoms with Crippen molar-refractivity contribution in [3.05, 3.63) is 30.6 Å². The summed E-state index contributed by atoms with van der Waals surface area (Å²) in [4.78, 5) is 0. The Hall–Kier alpha value is -1.26. The second-order valence-electron chi connectivity index (χ2n) is 6.39. The molecule has 0 unspecified atom stereocenters. The number of rotatable bonds is 3. The van der Waals surface area contributed by atoms with Gasteiger partial charge in [-0.25, -0.2) is 0 Å². The lowest BCUT2D eigenvalue weighted by molar-refractivity contribution is 0.00578. The summed E-state index contributed by atoms with van der Waals surface area (Å²) in [5.41, 5.74) is 2.46. The van der Waals surface area contributed by atoms with Gasteiger partial charge in [0.2, 0.25) is 0 Å². The van der Waals surface area contributed by atoms with Crippen LogP contribution in [0.5, 0.6) is 0 Å². The summed E-state index contributed by atoms with van der Waals surface area (Å²) in [6.45, 7) is 24.3. The average molecular weight is 333 g/mol. The highest BCUT2D eigenvalue weighted by molar-refractivity contribution is 6.62. The van der Waals surface area contributed by atoms with E-state index in [1.54, 1.807) is 0 Å². The Morgan fingerprint density at radius 2 is 1.54 bits per heavy atom. The van der Waals surface area contributed by atoms with Gasteiger partial charge in [0.25, 0.3) is 0 Å². The lowest BCUT2D eigenvalue weighted by atomic mass is 9.81. The molecule has 4 heteroatoms.